The summed E-state index contributed by atoms with van der Waals surface area (Å²) in [5.74, 6) is 0.392. The number of ether oxygens (including phenoxy) is 1. The summed E-state index contributed by atoms with van der Waals surface area (Å²) in [6.07, 6.45) is 1.37. The summed E-state index contributed by atoms with van der Waals surface area (Å²) in [5, 5.41) is 1.37. The Labute approximate surface area is 163 Å². The molecule has 2 aliphatic rings. The summed E-state index contributed by atoms with van der Waals surface area (Å²) in [5.41, 5.74) is 1.36. The molecule has 2 aliphatic heterocycles. The molecule has 0 unspecified atom stereocenters. The minimum absolute atomic E-state index is 0.0154. The molecule has 0 bridgehead atoms. The number of carbonyl (C=O) groups is 2. The Kier molecular flexibility index (Phi) is 5.10. The number of nitrogens with zero attached hydrogens (tertiary/aromatic N) is 2. The zero-order chi connectivity index (χ0) is 19.0. The van der Waals surface area contributed by atoms with Crippen LogP contribution < -0.4 is 0 Å². The Hall–Kier alpha value is -2.05. The molecule has 0 saturated carbocycles. The molecule has 2 aromatic rings. The van der Waals surface area contributed by atoms with Gasteiger partial charge in [-0.25, -0.2) is 0 Å². The van der Waals surface area contributed by atoms with Gasteiger partial charge in [0.25, 0.3) is 5.91 Å². The fourth-order valence-corrected chi connectivity index (χ4v) is 4.14. The van der Waals surface area contributed by atoms with Crippen molar-refractivity contribution in [2.75, 3.05) is 39.4 Å². The summed E-state index contributed by atoms with van der Waals surface area (Å²) < 4.78 is 11.1. The van der Waals surface area contributed by atoms with Crippen molar-refractivity contribution in [3.63, 3.8) is 0 Å². The first-order valence-corrected chi connectivity index (χ1v) is 9.77. The van der Waals surface area contributed by atoms with Gasteiger partial charge in [-0.3, -0.25) is 9.59 Å². The van der Waals surface area contributed by atoms with Crippen LogP contribution in [0.4, 0.5) is 0 Å². The number of likely N-dealkylation sites (tertiary alicyclic amines) is 1. The van der Waals surface area contributed by atoms with Crippen LogP contribution in [0.5, 0.6) is 0 Å². The minimum Gasteiger partial charge on any atom is -0.449 e. The zero-order valence-corrected chi connectivity index (χ0v) is 16.1. The molecule has 2 amide bonds. The van der Waals surface area contributed by atoms with Crippen LogP contribution in [-0.4, -0.2) is 61.0 Å². The fraction of sp³-hybridized carbons (Fsp3) is 0.500. The SMILES string of the molecule is Cc1c(C(=O)N2CCC(C(=O)N3CCOCC3)CC2)oc2c(Cl)cccc12. The van der Waals surface area contributed by atoms with E-state index < -0.39 is 0 Å². The van der Waals surface area contributed by atoms with Gasteiger partial charge in [0.05, 0.1) is 18.2 Å². The van der Waals surface area contributed by atoms with Crippen molar-refractivity contribution in [2.24, 2.45) is 5.92 Å². The zero-order valence-electron chi connectivity index (χ0n) is 15.4. The molecule has 6 nitrogen and oxygen atoms in total. The number of halogens is 1. The standard InChI is InChI=1S/C20H23ClN2O4/c1-13-15-3-2-4-16(21)18(15)27-17(13)20(25)22-7-5-14(6-8-22)19(24)23-9-11-26-12-10-23/h2-4,14H,5-12H2,1H3. The number of benzene rings is 1. The van der Waals surface area contributed by atoms with Crippen LogP contribution in [0, 0.1) is 12.8 Å². The Morgan fingerprint density at radius 3 is 2.44 bits per heavy atom. The largest absolute Gasteiger partial charge is 0.449 e. The van der Waals surface area contributed by atoms with E-state index in [1.807, 2.05) is 24.0 Å². The highest BCUT2D eigenvalue weighted by molar-refractivity contribution is 6.35. The lowest BCUT2D eigenvalue weighted by Gasteiger charge is -2.35. The average molecular weight is 391 g/mol. The van der Waals surface area contributed by atoms with E-state index in [0.29, 0.717) is 68.6 Å². The van der Waals surface area contributed by atoms with E-state index >= 15 is 0 Å². The number of piperidine rings is 1. The van der Waals surface area contributed by atoms with Crippen molar-refractivity contribution in [1.82, 2.24) is 9.80 Å². The van der Waals surface area contributed by atoms with Crippen molar-refractivity contribution in [3.05, 3.63) is 34.5 Å². The van der Waals surface area contributed by atoms with Gasteiger partial charge >= 0.3 is 0 Å². The lowest BCUT2D eigenvalue weighted by atomic mass is 9.94. The number of hydrogen-bond donors (Lipinski definition) is 0. The van der Waals surface area contributed by atoms with Crippen LogP contribution in [0.15, 0.2) is 22.6 Å². The third-order valence-electron chi connectivity index (χ3n) is 5.56. The van der Waals surface area contributed by atoms with Crippen LogP contribution in [0.25, 0.3) is 11.0 Å². The van der Waals surface area contributed by atoms with Crippen molar-refractivity contribution >= 4 is 34.4 Å². The van der Waals surface area contributed by atoms with Gasteiger partial charge < -0.3 is 19.0 Å². The number of amides is 2. The van der Waals surface area contributed by atoms with E-state index in [9.17, 15) is 9.59 Å². The molecule has 0 N–H and O–H groups in total. The smallest absolute Gasteiger partial charge is 0.289 e. The van der Waals surface area contributed by atoms with Crippen molar-refractivity contribution in [3.8, 4) is 0 Å². The highest BCUT2D eigenvalue weighted by atomic mass is 35.5. The van der Waals surface area contributed by atoms with E-state index in [2.05, 4.69) is 0 Å². The maximum Gasteiger partial charge on any atom is 0.289 e. The third-order valence-corrected chi connectivity index (χ3v) is 5.86. The molecule has 1 aromatic heterocycles. The molecular weight excluding hydrogens is 368 g/mol. The lowest BCUT2D eigenvalue weighted by molar-refractivity contribution is -0.141. The van der Waals surface area contributed by atoms with Crippen LogP contribution in [-0.2, 0) is 9.53 Å². The monoisotopic (exact) mass is 390 g/mol. The van der Waals surface area contributed by atoms with Crippen LogP contribution in [0.3, 0.4) is 0 Å². The molecule has 27 heavy (non-hydrogen) atoms. The first-order valence-electron chi connectivity index (χ1n) is 9.39. The maximum atomic E-state index is 13.0. The predicted octanol–water partition coefficient (Wildman–Crippen LogP) is 3.11. The van der Waals surface area contributed by atoms with E-state index in [1.54, 1.807) is 11.0 Å². The maximum absolute atomic E-state index is 13.0. The number of furan rings is 1. The van der Waals surface area contributed by atoms with Gasteiger partial charge in [-0.1, -0.05) is 23.7 Å². The molecule has 7 heteroatoms. The Morgan fingerprint density at radius 2 is 1.78 bits per heavy atom. The minimum atomic E-state index is -0.128. The summed E-state index contributed by atoms with van der Waals surface area (Å²) in [4.78, 5) is 29.3. The van der Waals surface area contributed by atoms with Crippen molar-refractivity contribution in [1.29, 1.82) is 0 Å². The van der Waals surface area contributed by atoms with Gasteiger partial charge in [0.1, 0.15) is 0 Å². The number of hydrogen-bond acceptors (Lipinski definition) is 4. The first kappa shape index (κ1) is 18.3. The number of aryl methyl sites for hydroxylation is 1. The lowest BCUT2D eigenvalue weighted by Crippen LogP contribution is -2.47. The molecule has 4 rings (SSSR count). The third kappa shape index (κ3) is 3.44. The molecule has 2 fully saturated rings. The second-order valence-electron chi connectivity index (χ2n) is 7.18. The molecule has 0 radical (unpaired) electrons. The quantitative estimate of drug-likeness (QED) is 0.790. The molecule has 3 heterocycles. The van der Waals surface area contributed by atoms with E-state index in [4.69, 9.17) is 20.8 Å². The average Bonchev–Trinajstić information content (AvgIpc) is 3.06. The summed E-state index contributed by atoms with van der Waals surface area (Å²) >= 11 is 6.19. The Morgan fingerprint density at radius 1 is 1.07 bits per heavy atom. The second kappa shape index (κ2) is 7.52. The number of para-hydroxylation sites is 1. The van der Waals surface area contributed by atoms with Gasteiger partial charge in [-0.2, -0.15) is 0 Å². The van der Waals surface area contributed by atoms with Gasteiger partial charge in [-0.15, -0.1) is 0 Å². The molecule has 1 aromatic carbocycles. The van der Waals surface area contributed by atoms with Gasteiger partial charge in [0.2, 0.25) is 5.91 Å². The van der Waals surface area contributed by atoms with Gasteiger partial charge in [-0.05, 0) is 25.8 Å². The van der Waals surface area contributed by atoms with Gasteiger partial charge in [0, 0.05) is 43.0 Å². The normalized spacial score (nSPS) is 18.9. The molecule has 0 aliphatic carbocycles. The number of fused-ring (bicyclic) bond motifs is 1. The molecule has 2 saturated heterocycles. The summed E-state index contributed by atoms with van der Waals surface area (Å²) in [6, 6.07) is 5.51. The number of rotatable bonds is 2. The molecule has 0 spiro atoms. The topological polar surface area (TPSA) is 63.0 Å². The molecule has 0 atom stereocenters. The van der Waals surface area contributed by atoms with Gasteiger partial charge in [0.15, 0.2) is 11.3 Å². The van der Waals surface area contributed by atoms with Crippen LogP contribution in [0.2, 0.25) is 5.02 Å². The first-order chi connectivity index (χ1) is 13.1. The fourth-order valence-electron chi connectivity index (χ4n) is 3.93. The summed E-state index contributed by atoms with van der Waals surface area (Å²) in [6.45, 7) is 5.54. The summed E-state index contributed by atoms with van der Waals surface area (Å²) in [7, 11) is 0. The number of morpholine rings is 1. The van der Waals surface area contributed by atoms with Crippen LogP contribution >= 0.6 is 11.6 Å². The highest BCUT2D eigenvalue weighted by Crippen LogP contribution is 2.32. The van der Waals surface area contributed by atoms with Crippen molar-refractivity contribution in [2.45, 2.75) is 19.8 Å². The molecular formula is C20H23ClN2O4. The number of carbonyl (C=O) groups excluding carboxylic acids is 2. The highest BCUT2D eigenvalue weighted by Gasteiger charge is 2.32. The van der Waals surface area contributed by atoms with Crippen molar-refractivity contribution < 1.29 is 18.7 Å². The van der Waals surface area contributed by atoms with E-state index in [-0.39, 0.29) is 17.7 Å². The predicted molar refractivity (Wildman–Crippen MR) is 102 cm³/mol. The Balaban J connectivity index is 1.44. The van der Waals surface area contributed by atoms with E-state index in [1.165, 1.54) is 0 Å². The Bertz CT molecular complexity index is 864. The second-order valence-corrected chi connectivity index (χ2v) is 7.58. The van der Waals surface area contributed by atoms with Crippen LogP contribution in [0.1, 0.15) is 29.0 Å². The molecule has 144 valence electrons. The van der Waals surface area contributed by atoms with E-state index in [0.717, 1.165) is 10.9 Å².